The second-order valence-corrected chi connectivity index (χ2v) is 6.78. The highest BCUT2D eigenvalue weighted by atomic mass is 32.2. The lowest BCUT2D eigenvalue weighted by atomic mass is 10.1. The van der Waals surface area contributed by atoms with Gasteiger partial charge in [0.15, 0.2) is 0 Å². The van der Waals surface area contributed by atoms with Crippen molar-refractivity contribution in [1.29, 1.82) is 0 Å². The summed E-state index contributed by atoms with van der Waals surface area (Å²) in [4.78, 5) is -0.349. The fourth-order valence-electron chi connectivity index (χ4n) is 2.16. The zero-order valence-corrected chi connectivity index (χ0v) is 13.5. The van der Waals surface area contributed by atoms with Crippen LogP contribution < -0.4 is 4.72 Å². The van der Waals surface area contributed by atoms with Crippen molar-refractivity contribution in [2.24, 2.45) is 0 Å². The molecule has 138 valence electrons. The van der Waals surface area contributed by atoms with Crippen LogP contribution in [0.25, 0.3) is 0 Å². The largest absolute Gasteiger partial charge is 0.416 e. The van der Waals surface area contributed by atoms with Crippen molar-refractivity contribution in [1.82, 2.24) is 10.2 Å². The molecule has 2 rings (SSSR count). The number of alkyl halides is 6. The van der Waals surface area contributed by atoms with E-state index in [1.54, 1.807) is 4.72 Å². The third kappa shape index (κ3) is 4.06. The summed E-state index contributed by atoms with van der Waals surface area (Å²) in [6, 6.07) is 0.487. The van der Waals surface area contributed by atoms with E-state index in [0.717, 1.165) is 0 Å². The first-order valence-corrected chi connectivity index (χ1v) is 8.04. The summed E-state index contributed by atoms with van der Waals surface area (Å²) in [5.41, 5.74) is -4.00. The molecule has 12 heteroatoms. The molecular weight excluding hydrogens is 376 g/mol. The maximum Gasteiger partial charge on any atom is 0.416 e. The first kappa shape index (κ1) is 19.1. The summed E-state index contributed by atoms with van der Waals surface area (Å²) in [7, 11) is -4.43. The van der Waals surface area contributed by atoms with E-state index >= 15 is 0 Å². The van der Waals surface area contributed by atoms with Gasteiger partial charge in [-0.1, -0.05) is 0 Å². The van der Waals surface area contributed by atoms with Gasteiger partial charge in [0.1, 0.15) is 4.90 Å². The molecule has 0 atom stereocenters. The number of benzene rings is 1. The Morgan fingerprint density at radius 2 is 1.44 bits per heavy atom. The predicted octanol–water partition coefficient (Wildman–Crippen LogP) is 3.86. The molecule has 25 heavy (non-hydrogen) atoms. The minimum atomic E-state index is -5.08. The number of rotatable bonds is 3. The number of hydrogen-bond acceptors (Lipinski definition) is 3. The van der Waals surface area contributed by atoms with Crippen LogP contribution in [-0.2, 0) is 22.4 Å². The summed E-state index contributed by atoms with van der Waals surface area (Å²) in [6.07, 6.45) is -10.2. The quantitative estimate of drug-likeness (QED) is 0.786. The number of aryl methyl sites for hydroxylation is 2. The number of anilines is 1. The lowest BCUT2D eigenvalue weighted by molar-refractivity contribution is -0.143. The highest BCUT2D eigenvalue weighted by molar-refractivity contribution is 7.92. The zero-order valence-electron chi connectivity index (χ0n) is 12.7. The third-order valence-electron chi connectivity index (χ3n) is 3.17. The van der Waals surface area contributed by atoms with Crippen LogP contribution in [0.3, 0.4) is 0 Å². The highest BCUT2D eigenvalue weighted by Crippen LogP contribution is 2.38. The van der Waals surface area contributed by atoms with E-state index in [1.807, 2.05) is 0 Å². The predicted molar refractivity (Wildman–Crippen MR) is 75.3 cm³/mol. The Morgan fingerprint density at radius 1 is 0.960 bits per heavy atom. The number of nitrogens with zero attached hydrogens (tertiary/aromatic N) is 1. The van der Waals surface area contributed by atoms with Gasteiger partial charge in [-0.3, -0.25) is 9.82 Å². The molecule has 0 radical (unpaired) electrons. The van der Waals surface area contributed by atoms with Crippen molar-refractivity contribution in [3.63, 3.8) is 0 Å². The molecule has 0 aliphatic heterocycles. The second-order valence-electron chi connectivity index (χ2n) is 5.16. The van der Waals surface area contributed by atoms with Gasteiger partial charge in [-0.25, -0.2) is 8.42 Å². The van der Waals surface area contributed by atoms with E-state index in [2.05, 4.69) is 10.2 Å². The van der Waals surface area contributed by atoms with Crippen LogP contribution in [0.15, 0.2) is 23.1 Å². The Balaban J connectivity index is 2.56. The van der Waals surface area contributed by atoms with Gasteiger partial charge in [0.2, 0.25) is 0 Å². The number of H-pyrrole nitrogens is 1. The molecule has 0 aliphatic carbocycles. The van der Waals surface area contributed by atoms with E-state index < -0.39 is 39.2 Å². The van der Waals surface area contributed by atoms with Crippen molar-refractivity contribution in [3.8, 4) is 0 Å². The summed E-state index contributed by atoms with van der Waals surface area (Å²) in [6.45, 7) is 2.67. The second kappa shape index (κ2) is 5.93. The van der Waals surface area contributed by atoms with Gasteiger partial charge in [0.25, 0.3) is 10.0 Å². The van der Waals surface area contributed by atoms with E-state index in [9.17, 15) is 34.8 Å². The van der Waals surface area contributed by atoms with Gasteiger partial charge in [-0.2, -0.15) is 31.4 Å². The molecule has 5 nitrogen and oxygen atoms in total. The van der Waals surface area contributed by atoms with Crippen LogP contribution in [0, 0.1) is 13.8 Å². The number of sulfonamides is 1. The van der Waals surface area contributed by atoms with Crippen LogP contribution >= 0.6 is 0 Å². The van der Waals surface area contributed by atoms with Crippen molar-refractivity contribution in [2.45, 2.75) is 31.1 Å². The summed E-state index contributed by atoms with van der Waals surface area (Å²) in [5, 5.41) is 6.00. The standard InChI is InChI=1S/C13H11F6N3O2S/c1-6-11(7(2)21-20-6)25(23,24)22-10-4-8(12(14,15)16)3-9(5-10)13(17,18)19/h3-5,22H,1-2H3,(H,20,21). The Labute approximate surface area is 138 Å². The van der Waals surface area contributed by atoms with Crippen LogP contribution in [-0.4, -0.2) is 18.6 Å². The van der Waals surface area contributed by atoms with Gasteiger partial charge in [-0.05, 0) is 32.0 Å². The molecule has 0 spiro atoms. The van der Waals surface area contributed by atoms with E-state index in [0.29, 0.717) is 0 Å². The first-order valence-electron chi connectivity index (χ1n) is 6.55. The minimum Gasteiger partial charge on any atom is -0.281 e. The number of hydrogen-bond donors (Lipinski definition) is 2. The first-order chi connectivity index (χ1) is 11.2. The Kier molecular flexibility index (Phi) is 4.53. The minimum absolute atomic E-state index is 0.0213. The maximum absolute atomic E-state index is 12.8. The van der Waals surface area contributed by atoms with Gasteiger partial charge in [-0.15, -0.1) is 0 Å². The van der Waals surface area contributed by atoms with E-state index in [1.165, 1.54) is 13.8 Å². The Morgan fingerprint density at radius 3 is 1.80 bits per heavy atom. The molecule has 2 aromatic rings. The molecule has 2 N–H and O–H groups in total. The Bertz CT molecular complexity index is 848. The van der Waals surface area contributed by atoms with Crippen molar-refractivity contribution in [2.75, 3.05) is 4.72 Å². The molecule has 0 fully saturated rings. The van der Waals surface area contributed by atoms with Crippen LogP contribution in [0.1, 0.15) is 22.5 Å². The van der Waals surface area contributed by atoms with Crippen molar-refractivity contribution < 1.29 is 34.8 Å². The topological polar surface area (TPSA) is 74.8 Å². The summed E-state index contributed by atoms with van der Waals surface area (Å²) in [5.74, 6) is 0. The van der Waals surface area contributed by atoms with Crippen molar-refractivity contribution >= 4 is 15.7 Å². The van der Waals surface area contributed by atoms with Gasteiger partial charge >= 0.3 is 12.4 Å². The molecule has 0 bridgehead atoms. The Hall–Kier alpha value is -2.24. The molecule has 0 unspecified atom stereocenters. The average molecular weight is 387 g/mol. The molecule has 1 aromatic carbocycles. The summed E-state index contributed by atoms with van der Waals surface area (Å²) < 4.78 is 103. The molecule has 1 heterocycles. The van der Waals surface area contributed by atoms with Crippen LogP contribution in [0.2, 0.25) is 0 Å². The highest BCUT2D eigenvalue weighted by Gasteiger charge is 2.37. The molecule has 0 saturated heterocycles. The van der Waals surface area contributed by atoms with Crippen molar-refractivity contribution in [3.05, 3.63) is 40.7 Å². The van der Waals surface area contributed by atoms with Crippen LogP contribution in [0.5, 0.6) is 0 Å². The molecule has 0 aliphatic rings. The fourth-order valence-corrected chi connectivity index (χ4v) is 3.57. The lowest BCUT2D eigenvalue weighted by Gasteiger charge is -2.15. The molecular formula is C13H11F6N3O2S. The smallest absolute Gasteiger partial charge is 0.281 e. The number of halogens is 6. The number of aromatic nitrogens is 2. The van der Waals surface area contributed by atoms with Gasteiger partial charge in [0.05, 0.1) is 28.2 Å². The molecule has 0 saturated carbocycles. The van der Waals surface area contributed by atoms with Crippen LogP contribution in [0.4, 0.5) is 32.0 Å². The number of aromatic amines is 1. The lowest BCUT2D eigenvalue weighted by Crippen LogP contribution is -2.17. The van der Waals surface area contributed by atoms with E-state index in [-0.39, 0.29) is 34.5 Å². The van der Waals surface area contributed by atoms with Gasteiger partial charge < -0.3 is 0 Å². The molecule has 1 aromatic heterocycles. The summed E-state index contributed by atoms with van der Waals surface area (Å²) >= 11 is 0. The fraction of sp³-hybridized carbons (Fsp3) is 0.308. The zero-order chi connectivity index (χ0) is 19.2. The number of nitrogens with one attached hydrogen (secondary N) is 2. The third-order valence-corrected chi connectivity index (χ3v) is 4.81. The maximum atomic E-state index is 12.8. The average Bonchev–Trinajstić information content (AvgIpc) is 2.76. The molecule has 0 amide bonds. The normalized spacial score (nSPS) is 13.1. The van der Waals surface area contributed by atoms with E-state index in [4.69, 9.17) is 0 Å². The monoisotopic (exact) mass is 387 g/mol. The van der Waals surface area contributed by atoms with Gasteiger partial charge in [0, 0.05) is 0 Å². The SMILES string of the molecule is Cc1n[nH]c(C)c1S(=O)(=O)Nc1cc(C(F)(F)F)cc(C(F)(F)F)c1.